The molecule has 0 unspecified atom stereocenters. The normalized spacial score (nSPS) is 16.2. The van der Waals surface area contributed by atoms with E-state index in [1.165, 1.54) is 16.7 Å². The molecule has 30 heavy (non-hydrogen) atoms. The van der Waals surface area contributed by atoms with Gasteiger partial charge in [-0.25, -0.2) is 0 Å². The Hall–Kier alpha value is -2.62. The second-order valence-corrected chi connectivity index (χ2v) is 9.72. The van der Waals surface area contributed by atoms with Crippen LogP contribution in [0.5, 0.6) is 0 Å². The fourth-order valence-electron chi connectivity index (χ4n) is 4.49. The number of nitrogens with zero attached hydrogens (tertiary/aromatic N) is 2. The molecule has 1 aliphatic rings. The van der Waals surface area contributed by atoms with Crippen molar-refractivity contribution in [3.05, 3.63) is 60.2 Å². The summed E-state index contributed by atoms with van der Waals surface area (Å²) < 4.78 is 0. The fraction of sp³-hybridized carbons (Fsp3) is 0.462. The molecule has 4 heteroatoms. The number of hydrogen-bond donors (Lipinski definition) is 0. The number of carbonyl (C=O) groups excluding carboxylic acids is 2. The maximum atomic E-state index is 13.4. The SMILES string of the molecule is CN(C)C(=O)C1(Cc2ccccc2-c2ccccc2)CCN(C(=O)C(C)(C)C)CC1. The molecule has 0 aliphatic carbocycles. The van der Waals surface area contributed by atoms with Crippen LogP contribution in [0.15, 0.2) is 54.6 Å². The molecule has 0 saturated carbocycles. The van der Waals surface area contributed by atoms with Crippen LogP contribution < -0.4 is 0 Å². The third-order valence-electron chi connectivity index (χ3n) is 6.14. The quantitative estimate of drug-likeness (QED) is 0.742. The van der Waals surface area contributed by atoms with Gasteiger partial charge >= 0.3 is 0 Å². The summed E-state index contributed by atoms with van der Waals surface area (Å²) in [5.41, 5.74) is 2.65. The summed E-state index contributed by atoms with van der Waals surface area (Å²) in [5, 5.41) is 0. The summed E-state index contributed by atoms with van der Waals surface area (Å²) >= 11 is 0. The lowest BCUT2D eigenvalue weighted by Gasteiger charge is -2.43. The van der Waals surface area contributed by atoms with Crippen molar-refractivity contribution in [3.63, 3.8) is 0 Å². The Bertz CT molecular complexity index is 889. The van der Waals surface area contributed by atoms with Crippen molar-refractivity contribution >= 4 is 11.8 Å². The number of likely N-dealkylation sites (tertiary alicyclic amines) is 1. The van der Waals surface area contributed by atoms with Crippen molar-refractivity contribution in [2.75, 3.05) is 27.2 Å². The van der Waals surface area contributed by atoms with E-state index in [0.717, 1.165) is 0 Å². The lowest BCUT2D eigenvalue weighted by Crippen LogP contribution is -2.52. The highest BCUT2D eigenvalue weighted by molar-refractivity contribution is 5.85. The third-order valence-corrected chi connectivity index (χ3v) is 6.14. The molecule has 1 fully saturated rings. The molecule has 1 aliphatic heterocycles. The highest BCUT2D eigenvalue weighted by atomic mass is 16.2. The summed E-state index contributed by atoms with van der Waals surface area (Å²) in [6.45, 7) is 7.13. The predicted octanol–water partition coefficient (Wildman–Crippen LogP) is 4.64. The number of rotatable bonds is 4. The van der Waals surface area contributed by atoms with Crippen LogP contribution >= 0.6 is 0 Å². The Labute approximate surface area is 180 Å². The maximum absolute atomic E-state index is 13.4. The fourth-order valence-corrected chi connectivity index (χ4v) is 4.49. The standard InChI is InChI=1S/C26H34N2O2/c1-25(2,3)23(29)28-17-15-26(16-18-28,24(30)27(4)5)19-21-13-9-10-14-22(21)20-11-7-6-8-12-20/h6-14H,15-19H2,1-5H3. The minimum absolute atomic E-state index is 0.160. The van der Waals surface area contributed by atoms with Crippen LogP contribution in [-0.4, -0.2) is 48.8 Å². The minimum Gasteiger partial charge on any atom is -0.348 e. The molecular formula is C26H34N2O2. The number of carbonyl (C=O) groups is 2. The minimum atomic E-state index is -0.483. The van der Waals surface area contributed by atoms with Crippen molar-refractivity contribution in [1.29, 1.82) is 0 Å². The summed E-state index contributed by atoms with van der Waals surface area (Å²) in [6, 6.07) is 18.7. The molecule has 0 radical (unpaired) electrons. The van der Waals surface area contributed by atoms with Gasteiger partial charge in [-0.1, -0.05) is 75.4 Å². The van der Waals surface area contributed by atoms with E-state index in [2.05, 4.69) is 30.3 Å². The second kappa shape index (κ2) is 8.63. The molecule has 1 saturated heterocycles. The van der Waals surface area contributed by atoms with Crippen LogP contribution in [0.3, 0.4) is 0 Å². The largest absolute Gasteiger partial charge is 0.348 e. The average molecular weight is 407 g/mol. The van der Waals surface area contributed by atoms with Crippen molar-refractivity contribution in [3.8, 4) is 11.1 Å². The average Bonchev–Trinajstić information content (AvgIpc) is 2.73. The monoisotopic (exact) mass is 406 g/mol. The molecule has 160 valence electrons. The molecule has 2 aromatic rings. The predicted molar refractivity (Wildman–Crippen MR) is 122 cm³/mol. The van der Waals surface area contributed by atoms with Gasteiger partial charge in [-0.2, -0.15) is 0 Å². The summed E-state index contributed by atoms with van der Waals surface area (Å²) in [4.78, 5) is 29.8. The molecule has 0 atom stereocenters. The van der Waals surface area contributed by atoms with E-state index in [9.17, 15) is 9.59 Å². The van der Waals surface area contributed by atoms with Crippen molar-refractivity contribution in [2.24, 2.45) is 10.8 Å². The molecule has 0 N–H and O–H groups in total. The van der Waals surface area contributed by atoms with Crippen molar-refractivity contribution in [1.82, 2.24) is 9.80 Å². The molecule has 3 rings (SSSR count). The van der Waals surface area contributed by atoms with Gasteiger partial charge in [-0.15, -0.1) is 0 Å². The highest BCUT2D eigenvalue weighted by Gasteiger charge is 2.44. The molecule has 4 nitrogen and oxygen atoms in total. The van der Waals surface area contributed by atoms with E-state index in [0.29, 0.717) is 32.4 Å². The summed E-state index contributed by atoms with van der Waals surface area (Å²) in [6.07, 6.45) is 2.07. The van der Waals surface area contributed by atoms with Crippen LogP contribution in [-0.2, 0) is 16.0 Å². The van der Waals surface area contributed by atoms with E-state index < -0.39 is 10.8 Å². The van der Waals surface area contributed by atoms with Crippen molar-refractivity contribution < 1.29 is 9.59 Å². The molecule has 2 aromatic carbocycles. The number of amides is 2. The zero-order valence-corrected chi connectivity index (χ0v) is 18.9. The van der Waals surface area contributed by atoms with Gasteiger partial charge in [0.1, 0.15) is 0 Å². The van der Waals surface area contributed by atoms with E-state index in [1.807, 2.05) is 64.0 Å². The van der Waals surface area contributed by atoms with E-state index in [4.69, 9.17) is 0 Å². The smallest absolute Gasteiger partial charge is 0.228 e. The molecule has 2 amide bonds. The number of hydrogen-bond acceptors (Lipinski definition) is 2. The summed E-state index contributed by atoms with van der Waals surface area (Å²) in [7, 11) is 3.67. The van der Waals surface area contributed by atoms with Gasteiger partial charge in [0, 0.05) is 32.6 Å². The molecule has 1 heterocycles. The summed E-state index contributed by atoms with van der Waals surface area (Å²) in [5.74, 6) is 0.325. The maximum Gasteiger partial charge on any atom is 0.228 e. The molecule has 0 aromatic heterocycles. The highest BCUT2D eigenvalue weighted by Crippen LogP contribution is 2.40. The van der Waals surface area contributed by atoms with Gasteiger partial charge in [-0.3, -0.25) is 9.59 Å². The Morgan fingerprint density at radius 3 is 2.07 bits per heavy atom. The zero-order chi connectivity index (χ0) is 21.9. The topological polar surface area (TPSA) is 40.6 Å². The Morgan fingerprint density at radius 2 is 1.50 bits per heavy atom. The Morgan fingerprint density at radius 1 is 0.933 bits per heavy atom. The van der Waals surface area contributed by atoms with Crippen LogP contribution in [0.25, 0.3) is 11.1 Å². The van der Waals surface area contributed by atoms with E-state index in [1.54, 1.807) is 4.90 Å². The van der Waals surface area contributed by atoms with Gasteiger partial charge in [0.05, 0.1) is 5.41 Å². The first-order chi connectivity index (χ1) is 14.1. The van der Waals surface area contributed by atoms with Crippen molar-refractivity contribution in [2.45, 2.75) is 40.0 Å². The van der Waals surface area contributed by atoms with Crippen LogP contribution in [0.1, 0.15) is 39.2 Å². The van der Waals surface area contributed by atoms with Gasteiger partial charge < -0.3 is 9.80 Å². The first-order valence-electron chi connectivity index (χ1n) is 10.8. The molecule has 0 spiro atoms. The number of benzene rings is 2. The van der Waals surface area contributed by atoms with Gasteiger partial charge in [0.15, 0.2) is 0 Å². The van der Waals surface area contributed by atoms with E-state index >= 15 is 0 Å². The van der Waals surface area contributed by atoms with Crippen LogP contribution in [0.2, 0.25) is 0 Å². The third kappa shape index (κ3) is 4.58. The first kappa shape index (κ1) is 22.1. The van der Waals surface area contributed by atoms with E-state index in [-0.39, 0.29) is 11.8 Å². The number of piperidine rings is 1. The molecular weight excluding hydrogens is 372 g/mol. The van der Waals surface area contributed by atoms with Crippen LogP contribution in [0.4, 0.5) is 0 Å². The lowest BCUT2D eigenvalue weighted by molar-refractivity contribution is -0.149. The Balaban J connectivity index is 1.91. The van der Waals surface area contributed by atoms with Gasteiger partial charge in [0.2, 0.25) is 11.8 Å². The second-order valence-electron chi connectivity index (χ2n) is 9.72. The zero-order valence-electron chi connectivity index (χ0n) is 18.9. The first-order valence-corrected chi connectivity index (χ1v) is 10.8. The molecule has 0 bridgehead atoms. The lowest BCUT2D eigenvalue weighted by atomic mass is 9.71. The van der Waals surface area contributed by atoms with Gasteiger partial charge in [-0.05, 0) is 36.0 Å². The van der Waals surface area contributed by atoms with Crippen LogP contribution in [0, 0.1) is 10.8 Å². The van der Waals surface area contributed by atoms with Gasteiger partial charge in [0.25, 0.3) is 0 Å². The Kier molecular flexibility index (Phi) is 6.35.